The molecule has 0 aromatic heterocycles. The molecule has 34 heavy (non-hydrogen) atoms. The van der Waals surface area contributed by atoms with Crippen molar-refractivity contribution in [1.29, 1.82) is 0 Å². The minimum atomic E-state index is -1.99. The fraction of sp³-hybridized carbons (Fsp3) is 0.364. The number of aliphatic carboxylic acids is 2. The summed E-state index contributed by atoms with van der Waals surface area (Å²) in [5, 5.41) is 40.9. The Bertz CT molecular complexity index is 815. The third-order valence-electron chi connectivity index (χ3n) is 4.83. The van der Waals surface area contributed by atoms with Gasteiger partial charge in [-0.3, -0.25) is 0 Å². The molecule has 0 saturated heterocycles. The molecular formula is C22H26Na2O8P2+2. The number of hydrogen-bond acceptors (Lipinski definition) is 8. The largest absolute Gasteiger partial charge is 1.00 e. The zero-order chi connectivity index (χ0) is 24.0. The van der Waals surface area contributed by atoms with Crippen LogP contribution in [-0.4, -0.2) is 45.7 Å². The van der Waals surface area contributed by atoms with E-state index in [0.29, 0.717) is 12.8 Å². The molecule has 4 unspecified atom stereocenters. The van der Waals surface area contributed by atoms with E-state index in [-0.39, 0.29) is 84.3 Å². The molecule has 172 valence electrons. The van der Waals surface area contributed by atoms with E-state index in [4.69, 9.17) is 0 Å². The molecule has 0 aliphatic rings. The maximum Gasteiger partial charge on any atom is 1.00 e. The Kier molecular flexibility index (Phi) is 19.6. The van der Waals surface area contributed by atoms with Crippen LogP contribution >= 0.6 is 16.9 Å². The van der Waals surface area contributed by atoms with E-state index in [1.165, 1.54) is 0 Å². The van der Waals surface area contributed by atoms with Gasteiger partial charge in [-0.15, -0.1) is 0 Å². The summed E-state index contributed by atoms with van der Waals surface area (Å²) >= 11 is 0. The molecule has 0 aliphatic heterocycles. The Morgan fingerprint density at radius 2 is 0.971 bits per heavy atom. The second-order valence-electron chi connectivity index (χ2n) is 7.25. The molecule has 8 nitrogen and oxygen atoms in total. The molecule has 0 fully saturated rings. The first kappa shape index (κ1) is 35.7. The average Bonchev–Trinajstić information content (AvgIpc) is 2.78. The third kappa shape index (κ3) is 13.0. The summed E-state index contributed by atoms with van der Waals surface area (Å²) in [5.41, 5.74) is -2.13. The zero-order valence-corrected chi connectivity index (χ0v) is 25.4. The van der Waals surface area contributed by atoms with Crippen molar-refractivity contribution in [3.8, 4) is 0 Å². The van der Waals surface area contributed by atoms with Gasteiger partial charge in [0, 0.05) is 0 Å². The van der Waals surface area contributed by atoms with E-state index >= 15 is 0 Å². The number of carbonyl (C=O) groups excluding carboxylic acids is 2. The molecular weight excluding hydrogens is 500 g/mol. The molecule has 0 heterocycles. The van der Waals surface area contributed by atoms with Crippen LogP contribution in [0.2, 0.25) is 0 Å². The molecule has 2 rings (SSSR count). The number of carbonyl (C=O) groups is 2. The third-order valence-corrected chi connectivity index (χ3v) is 6.29. The Balaban J connectivity index is 0. The Morgan fingerprint density at radius 1 is 0.676 bits per heavy atom. The average molecular weight is 526 g/mol. The van der Waals surface area contributed by atoms with Crippen LogP contribution in [0.25, 0.3) is 0 Å². The summed E-state index contributed by atoms with van der Waals surface area (Å²) in [4.78, 5) is 21.5. The zero-order valence-electron chi connectivity index (χ0n) is 19.4. The molecule has 0 bridgehead atoms. The van der Waals surface area contributed by atoms with Crippen LogP contribution in [0.3, 0.4) is 0 Å². The molecule has 2 aromatic rings. The van der Waals surface area contributed by atoms with Crippen molar-refractivity contribution in [2.24, 2.45) is 0 Å². The summed E-state index contributed by atoms with van der Waals surface area (Å²) in [6, 6.07) is 18.4. The van der Waals surface area contributed by atoms with Crippen LogP contribution in [0, 0.1) is 0 Å². The first-order valence-electron chi connectivity index (χ1n) is 9.82. The topological polar surface area (TPSA) is 155 Å². The van der Waals surface area contributed by atoms with Gasteiger partial charge in [-0.25, -0.2) is 0 Å². The predicted octanol–water partition coefficient (Wildman–Crippen LogP) is -5.74. The molecule has 2 aromatic carbocycles. The number of aryl methyl sites for hydroxylation is 2. The van der Waals surface area contributed by atoms with Crippen LogP contribution in [0.15, 0.2) is 60.7 Å². The Hall–Kier alpha value is -0.500. The molecule has 0 aliphatic carbocycles. The van der Waals surface area contributed by atoms with Gasteiger partial charge in [-0.1, -0.05) is 69.8 Å². The molecule has 12 heteroatoms. The first-order chi connectivity index (χ1) is 15.2. The van der Waals surface area contributed by atoms with Gasteiger partial charge in [0.1, 0.15) is 11.2 Å². The second kappa shape index (κ2) is 18.7. The molecule has 4 atom stereocenters. The van der Waals surface area contributed by atoms with E-state index in [1.807, 2.05) is 60.7 Å². The summed E-state index contributed by atoms with van der Waals surface area (Å²) in [6.07, 6.45) is 0.263. The van der Waals surface area contributed by atoms with E-state index in [2.05, 4.69) is 0 Å². The van der Waals surface area contributed by atoms with Gasteiger partial charge in [0.05, 0.1) is 11.9 Å². The fourth-order valence-electron chi connectivity index (χ4n) is 2.76. The van der Waals surface area contributed by atoms with Crippen molar-refractivity contribution in [1.82, 2.24) is 0 Å². The molecule has 2 N–H and O–H groups in total. The van der Waals surface area contributed by atoms with Gasteiger partial charge in [-0.2, -0.15) is 0 Å². The van der Waals surface area contributed by atoms with Gasteiger partial charge in [0.2, 0.25) is 0 Å². The summed E-state index contributed by atoms with van der Waals surface area (Å²) in [5.74, 6) is -3.13. The summed E-state index contributed by atoms with van der Waals surface area (Å²) in [7, 11) is -1.70. The standard InChI is InChI=1S/2C11H13O4P.2Na/c2*12-10(13)11(14,8-16-15)7-6-9-4-2-1-3-5-9;;/h2*1-5,14H,6-8H2,(H,12,13);;/q;;2*+1. The van der Waals surface area contributed by atoms with Gasteiger partial charge in [0.15, 0.2) is 12.3 Å². The number of carboxylic acids is 2. The summed E-state index contributed by atoms with van der Waals surface area (Å²) in [6.45, 7) is 0. The molecule has 0 radical (unpaired) electrons. The van der Waals surface area contributed by atoms with Crippen molar-refractivity contribution in [3.63, 3.8) is 0 Å². The van der Waals surface area contributed by atoms with Crippen molar-refractivity contribution in [2.45, 2.75) is 36.9 Å². The van der Waals surface area contributed by atoms with Crippen LogP contribution in [0.4, 0.5) is 0 Å². The minimum Gasteiger partial charge on any atom is -0.547 e. The number of carboxylic acid groups (broad SMARTS) is 2. The molecule has 0 spiro atoms. The predicted molar refractivity (Wildman–Crippen MR) is 117 cm³/mol. The number of benzene rings is 2. The quantitative estimate of drug-likeness (QED) is 0.205. The van der Waals surface area contributed by atoms with Crippen LogP contribution in [-0.2, 0) is 31.6 Å². The van der Waals surface area contributed by atoms with Crippen LogP contribution in [0.5, 0.6) is 0 Å². The smallest absolute Gasteiger partial charge is 0.547 e. The number of rotatable bonds is 12. The van der Waals surface area contributed by atoms with Crippen molar-refractivity contribution >= 4 is 28.9 Å². The fourth-order valence-corrected chi connectivity index (χ4v) is 3.88. The maximum absolute atomic E-state index is 10.7. The number of aliphatic hydroxyl groups is 2. The van der Waals surface area contributed by atoms with E-state index in [9.17, 15) is 39.1 Å². The summed E-state index contributed by atoms with van der Waals surface area (Å²) < 4.78 is 20.9. The van der Waals surface area contributed by atoms with E-state index in [0.717, 1.165) is 11.1 Å². The maximum atomic E-state index is 10.7. The number of hydrogen-bond donors (Lipinski definition) is 2. The SMILES string of the molecule is O=[PH+]CC(O)(CCc1ccccc1)C(=O)[O-].O=[PH+]CC(O)(CCc1ccccc1)C(=O)[O-].[Na+].[Na+]. The van der Waals surface area contributed by atoms with Crippen LogP contribution < -0.4 is 69.3 Å². The van der Waals surface area contributed by atoms with Crippen LogP contribution in [0.1, 0.15) is 24.0 Å². The van der Waals surface area contributed by atoms with Crippen molar-refractivity contribution < 1.29 is 98.3 Å². The van der Waals surface area contributed by atoms with E-state index in [1.54, 1.807) is 0 Å². The van der Waals surface area contributed by atoms with Gasteiger partial charge in [-0.05, 0) is 36.8 Å². The first-order valence-corrected chi connectivity index (χ1v) is 12.1. The van der Waals surface area contributed by atoms with Gasteiger partial charge in [0.25, 0.3) is 0 Å². The van der Waals surface area contributed by atoms with Gasteiger partial charge >= 0.3 is 76.0 Å². The normalized spacial score (nSPS) is 13.7. The second-order valence-corrected chi connectivity index (χ2v) is 8.54. The van der Waals surface area contributed by atoms with E-state index < -0.39 is 40.1 Å². The Labute approximate surface area is 246 Å². The monoisotopic (exact) mass is 526 g/mol. The van der Waals surface area contributed by atoms with Crippen molar-refractivity contribution in [2.75, 3.05) is 12.3 Å². The molecule has 0 saturated carbocycles. The molecule has 0 amide bonds. The van der Waals surface area contributed by atoms with Crippen molar-refractivity contribution in [3.05, 3.63) is 71.8 Å². The Morgan fingerprint density at radius 3 is 1.21 bits per heavy atom. The van der Waals surface area contributed by atoms with Gasteiger partial charge < -0.3 is 30.0 Å². The minimum absolute atomic E-state index is 0.